The Kier molecular flexibility index (Phi) is 5.42. The Morgan fingerprint density at radius 3 is 2.47 bits per heavy atom. The summed E-state index contributed by atoms with van der Waals surface area (Å²) in [7, 11) is 4.17. The number of hydrogen-bond acceptors (Lipinski definition) is 3. The van der Waals surface area contributed by atoms with Crippen molar-refractivity contribution in [2.45, 2.75) is 64.6 Å². The van der Waals surface area contributed by atoms with Gasteiger partial charge in [0.05, 0.1) is 6.10 Å². The van der Waals surface area contributed by atoms with Crippen molar-refractivity contribution in [1.29, 1.82) is 0 Å². The number of hydrogen-bond donors (Lipinski definition) is 2. The fraction of sp³-hybridized carbons (Fsp3) is 1.00. The molecule has 0 radical (unpaired) electrons. The molecule has 0 bridgehead atoms. The Morgan fingerprint density at radius 2 is 1.94 bits per heavy atom. The molecule has 17 heavy (non-hydrogen) atoms. The predicted molar refractivity (Wildman–Crippen MR) is 73.2 cm³/mol. The quantitative estimate of drug-likeness (QED) is 0.772. The topological polar surface area (TPSA) is 35.5 Å². The summed E-state index contributed by atoms with van der Waals surface area (Å²) in [5.74, 6) is 0. The first-order valence-corrected chi connectivity index (χ1v) is 6.94. The molecule has 3 unspecified atom stereocenters. The highest BCUT2D eigenvalue weighted by Crippen LogP contribution is 2.27. The van der Waals surface area contributed by atoms with Crippen LogP contribution in [0.25, 0.3) is 0 Å². The monoisotopic (exact) mass is 242 g/mol. The zero-order valence-corrected chi connectivity index (χ0v) is 12.2. The molecule has 0 aromatic carbocycles. The minimum atomic E-state index is -0.130. The van der Waals surface area contributed by atoms with Gasteiger partial charge in [-0.1, -0.05) is 26.7 Å². The third-order valence-corrected chi connectivity index (χ3v) is 4.52. The SMILES string of the molecule is CNC(C)C(C)(C)CN(C)C1CCCCC1O. The molecule has 3 nitrogen and oxygen atoms in total. The first kappa shape index (κ1) is 14.9. The number of rotatable bonds is 5. The maximum Gasteiger partial charge on any atom is 0.0695 e. The van der Waals surface area contributed by atoms with Gasteiger partial charge in [0.25, 0.3) is 0 Å². The van der Waals surface area contributed by atoms with Crippen LogP contribution in [0.2, 0.25) is 0 Å². The van der Waals surface area contributed by atoms with Crippen molar-refractivity contribution < 1.29 is 5.11 Å². The second-order valence-corrected chi connectivity index (χ2v) is 6.33. The molecule has 0 aliphatic heterocycles. The van der Waals surface area contributed by atoms with Crippen LogP contribution in [-0.2, 0) is 0 Å². The normalized spacial score (nSPS) is 28.4. The van der Waals surface area contributed by atoms with E-state index in [1.807, 2.05) is 7.05 Å². The second kappa shape index (κ2) is 6.17. The molecule has 1 rings (SSSR count). The van der Waals surface area contributed by atoms with Crippen molar-refractivity contribution in [1.82, 2.24) is 10.2 Å². The summed E-state index contributed by atoms with van der Waals surface area (Å²) in [6.45, 7) is 7.83. The number of nitrogens with one attached hydrogen (secondary N) is 1. The summed E-state index contributed by atoms with van der Waals surface area (Å²) in [6.07, 6.45) is 4.42. The molecule has 0 saturated heterocycles. The van der Waals surface area contributed by atoms with Crippen molar-refractivity contribution >= 4 is 0 Å². The van der Waals surface area contributed by atoms with Crippen molar-refractivity contribution in [2.24, 2.45) is 5.41 Å². The van der Waals surface area contributed by atoms with Crippen LogP contribution in [0, 0.1) is 5.41 Å². The Balaban J connectivity index is 2.55. The van der Waals surface area contributed by atoms with E-state index >= 15 is 0 Å². The summed E-state index contributed by atoms with van der Waals surface area (Å²) < 4.78 is 0. The van der Waals surface area contributed by atoms with Crippen LogP contribution >= 0.6 is 0 Å². The van der Waals surface area contributed by atoms with Gasteiger partial charge < -0.3 is 15.3 Å². The van der Waals surface area contributed by atoms with Gasteiger partial charge in [0.15, 0.2) is 0 Å². The predicted octanol–water partition coefficient (Wildman–Crippen LogP) is 1.86. The van der Waals surface area contributed by atoms with E-state index in [9.17, 15) is 5.11 Å². The largest absolute Gasteiger partial charge is 0.391 e. The van der Waals surface area contributed by atoms with E-state index in [2.05, 4.69) is 38.0 Å². The summed E-state index contributed by atoms with van der Waals surface area (Å²) in [4.78, 5) is 2.36. The highest BCUT2D eigenvalue weighted by molar-refractivity contribution is 4.87. The van der Waals surface area contributed by atoms with Crippen LogP contribution < -0.4 is 5.32 Å². The van der Waals surface area contributed by atoms with Crippen LogP contribution in [0.5, 0.6) is 0 Å². The Bertz CT molecular complexity index is 230. The van der Waals surface area contributed by atoms with Gasteiger partial charge in [-0.3, -0.25) is 0 Å². The van der Waals surface area contributed by atoms with Crippen molar-refractivity contribution in [3.8, 4) is 0 Å². The number of aliphatic hydroxyl groups excluding tert-OH is 1. The van der Waals surface area contributed by atoms with Gasteiger partial charge in [-0.25, -0.2) is 0 Å². The molecule has 0 amide bonds. The summed E-state index contributed by atoms with van der Waals surface area (Å²) in [6, 6.07) is 0.831. The van der Waals surface area contributed by atoms with E-state index in [4.69, 9.17) is 0 Å². The van der Waals surface area contributed by atoms with Crippen LogP contribution in [0.15, 0.2) is 0 Å². The average Bonchev–Trinajstić information content (AvgIpc) is 2.27. The third-order valence-electron chi connectivity index (χ3n) is 4.52. The van der Waals surface area contributed by atoms with E-state index in [0.29, 0.717) is 12.1 Å². The molecule has 1 aliphatic rings. The van der Waals surface area contributed by atoms with E-state index in [0.717, 1.165) is 19.4 Å². The van der Waals surface area contributed by atoms with Crippen molar-refractivity contribution in [3.63, 3.8) is 0 Å². The lowest BCUT2D eigenvalue weighted by Gasteiger charge is -2.41. The molecule has 0 aromatic rings. The van der Waals surface area contributed by atoms with Gasteiger partial charge in [-0.05, 0) is 39.3 Å². The average molecular weight is 242 g/mol. The maximum atomic E-state index is 10.1. The Labute approximate surface area is 107 Å². The molecule has 102 valence electrons. The van der Waals surface area contributed by atoms with E-state index < -0.39 is 0 Å². The van der Waals surface area contributed by atoms with E-state index in [-0.39, 0.29) is 11.5 Å². The third kappa shape index (κ3) is 3.94. The van der Waals surface area contributed by atoms with Gasteiger partial charge in [0, 0.05) is 18.6 Å². The second-order valence-electron chi connectivity index (χ2n) is 6.33. The standard InChI is InChI=1S/C14H30N2O/c1-11(15-4)14(2,3)10-16(5)12-8-6-7-9-13(12)17/h11-13,15,17H,6-10H2,1-5H3. The summed E-state index contributed by atoms with van der Waals surface area (Å²) >= 11 is 0. The van der Waals surface area contributed by atoms with Gasteiger partial charge >= 0.3 is 0 Å². The zero-order chi connectivity index (χ0) is 13.1. The van der Waals surface area contributed by atoms with Gasteiger partial charge in [0.1, 0.15) is 0 Å². The summed E-state index contributed by atoms with van der Waals surface area (Å²) in [5, 5.41) is 13.4. The summed E-state index contributed by atoms with van der Waals surface area (Å²) in [5.41, 5.74) is 0.223. The molecule has 2 N–H and O–H groups in total. The van der Waals surface area contributed by atoms with Crippen LogP contribution in [0.4, 0.5) is 0 Å². The van der Waals surface area contributed by atoms with E-state index in [1.54, 1.807) is 0 Å². The fourth-order valence-electron chi connectivity index (χ4n) is 2.89. The first-order chi connectivity index (χ1) is 7.88. The molecular weight excluding hydrogens is 212 g/mol. The Hall–Kier alpha value is -0.120. The molecule has 3 heteroatoms. The smallest absolute Gasteiger partial charge is 0.0695 e. The first-order valence-electron chi connectivity index (χ1n) is 6.94. The Morgan fingerprint density at radius 1 is 1.35 bits per heavy atom. The number of aliphatic hydroxyl groups is 1. The minimum absolute atomic E-state index is 0.130. The van der Waals surface area contributed by atoms with Crippen LogP contribution in [0.3, 0.4) is 0 Å². The van der Waals surface area contributed by atoms with Gasteiger partial charge in [0.2, 0.25) is 0 Å². The molecule has 1 aliphatic carbocycles. The fourth-order valence-corrected chi connectivity index (χ4v) is 2.89. The van der Waals surface area contributed by atoms with Crippen LogP contribution in [-0.4, -0.2) is 48.8 Å². The molecule has 0 spiro atoms. The lowest BCUT2D eigenvalue weighted by Crippen LogP contribution is -2.51. The number of likely N-dealkylation sites (N-methyl/N-ethyl adjacent to an activating group) is 1. The maximum absolute atomic E-state index is 10.1. The molecule has 1 fully saturated rings. The highest BCUT2D eigenvalue weighted by atomic mass is 16.3. The molecule has 0 aromatic heterocycles. The minimum Gasteiger partial charge on any atom is -0.391 e. The lowest BCUT2D eigenvalue weighted by atomic mass is 9.83. The highest BCUT2D eigenvalue weighted by Gasteiger charge is 2.32. The van der Waals surface area contributed by atoms with Crippen molar-refractivity contribution in [2.75, 3.05) is 20.6 Å². The molecule has 1 saturated carbocycles. The molecular formula is C14H30N2O. The van der Waals surface area contributed by atoms with E-state index in [1.165, 1.54) is 12.8 Å². The van der Waals surface area contributed by atoms with Gasteiger partial charge in [-0.2, -0.15) is 0 Å². The lowest BCUT2D eigenvalue weighted by molar-refractivity contribution is 0.0127. The van der Waals surface area contributed by atoms with Crippen molar-refractivity contribution in [3.05, 3.63) is 0 Å². The van der Waals surface area contributed by atoms with Gasteiger partial charge in [-0.15, -0.1) is 0 Å². The molecule has 0 heterocycles. The zero-order valence-electron chi connectivity index (χ0n) is 12.2. The number of nitrogens with zero attached hydrogens (tertiary/aromatic N) is 1. The van der Waals surface area contributed by atoms with Crippen LogP contribution in [0.1, 0.15) is 46.5 Å². The molecule has 3 atom stereocenters.